The summed E-state index contributed by atoms with van der Waals surface area (Å²) in [6.45, 7) is 12.2. The molecule has 0 radical (unpaired) electrons. The van der Waals surface area contributed by atoms with Crippen LogP contribution in [0.25, 0.3) is 0 Å². The number of aliphatic carboxylic acids is 1. The van der Waals surface area contributed by atoms with E-state index in [2.05, 4.69) is 68.2 Å². The highest BCUT2D eigenvalue weighted by Gasteiger charge is 2.39. The topological polar surface area (TPSA) is 82.1 Å². The van der Waals surface area contributed by atoms with Gasteiger partial charge in [-0.1, -0.05) is 80.9 Å². The lowest BCUT2D eigenvalue weighted by Gasteiger charge is -2.39. The Morgan fingerprint density at radius 3 is 2.36 bits per heavy atom. The number of likely N-dealkylation sites (tertiary alicyclic amines) is 1. The van der Waals surface area contributed by atoms with E-state index in [1.54, 1.807) is 0 Å². The zero-order chi connectivity index (χ0) is 30.1. The molecule has 230 valence electrons. The van der Waals surface area contributed by atoms with Gasteiger partial charge in [0.25, 0.3) is 0 Å². The molecule has 7 nitrogen and oxygen atoms in total. The zero-order valence-electron chi connectivity index (χ0n) is 26.0. The lowest BCUT2D eigenvalue weighted by Crippen LogP contribution is -2.48. The van der Waals surface area contributed by atoms with Crippen molar-refractivity contribution in [2.45, 2.75) is 96.9 Å². The molecule has 2 aromatic rings. The fourth-order valence-electron chi connectivity index (χ4n) is 6.89. The standard InChI is InChI=1S/C35H51N3O4/c1-5-17-38(35(41)42-24-27-13-11-26(4)12-14-27)31-15-18-37(19-16-31)23-29-21-30(36-33(34(39)40)20-25(2)3)22-32(29)28-9-7-6-8-10-28/h6-14,25,29-33,36H,5,15-24H2,1-4H3,(H,39,40)/t29?,30?,32?,33-/m1/s1. The van der Waals surface area contributed by atoms with Crippen LogP contribution in [-0.4, -0.2) is 71.3 Å². The Kier molecular flexibility index (Phi) is 11.8. The predicted octanol–water partition coefficient (Wildman–Crippen LogP) is 6.46. The number of hydrogen-bond donors (Lipinski definition) is 2. The van der Waals surface area contributed by atoms with Gasteiger partial charge in [-0.05, 0) is 74.3 Å². The summed E-state index contributed by atoms with van der Waals surface area (Å²) in [6.07, 6.45) is 5.17. The van der Waals surface area contributed by atoms with Crippen molar-refractivity contribution in [3.8, 4) is 0 Å². The molecule has 1 amide bonds. The minimum Gasteiger partial charge on any atom is -0.480 e. The number of carboxylic acids is 1. The molecule has 3 unspecified atom stereocenters. The van der Waals surface area contributed by atoms with Crippen molar-refractivity contribution in [3.63, 3.8) is 0 Å². The molecule has 4 rings (SSSR count). The highest BCUT2D eigenvalue weighted by molar-refractivity contribution is 5.73. The number of carbonyl (C=O) groups is 2. The van der Waals surface area contributed by atoms with Crippen molar-refractivity contribution < 1.29 is 19.4 Å². The van der Waals surface area contributed by atoms with Crippen LogP contribution < -0.4 is 5.32 Å². The highest BCUT2D eigenvalue weighted by Crippen LogP contribution is 2.41. The average molecular weight is 578 g/mol. The maximum absolute atomic E-state index is 13.1. The van der Waals surface area contributed by atoms with Crippen LogP contribution in [0.1, 0.15) is 81.9 Å². The van der Waals surface area contributed by atoms with Gasteiger partial charge in [-0.2, -0.15) is 0 Å². The average Bonchev–Trinajstić information content (AvgIpc) is 3.37. The predicted molar refractivity (Wildman–Crippen MR) is 168 cm³/mol. The third-order valence-electron chi connectivity index (χ3n) is 9.04. The molecule has 2 aromatic carbocycles. The number of aryl methyl sites for hydroxylation is 1. The summed E-state index contributed by atoms with van der Waals surface area (Å²) < 4.78 is 5.74. The summed E-state index contributed by atoms with van der Waals surface area (Å²) in [7, 11) is 0. The Morgan fingerprint density at radius 2 is 1.74 bits per heavy atom. The van der Waals surface area contributed by atoms with Gasteiger partial charge < -0.3 is 25.0 Å². The van der Waals surface area contributed by atoms with Gasteiger partial charge >= 0.3 is 12.1 Å². The van der Waals surface area contributed by atoms with Crippen LogP contribution in [0.5, 0.6) is 0 Å². The number of nitrogens with zero attached hydrogens (tertiary/aromatic N) is 2. The lowest BCUT2D eigenvalue weighted by molar-refractivity contribution is -0.140. The van der Waals surface area contributed by atoms with Crippen LogP contribution >= 0.6 is 0 Å². The molecule has 1 saturated heterocycles. The number of nitrogens with one attached hydrogen (secondary N) is 1. The SMILES string of the molecule is CCCN(C(=O)OCc1ccc(C)cc1)C1CCN(CC2CC(N[C@H](CC(C)C)C(=O)O)CC2c2ccccc2)CC1. The van der Waals surface area contributed by atoms with Crippen molar-refractivity contribution >= 4 is 12.1 Å². The molecule has 2 fully saturated rings. The number of ether oxygens (including phenoxy) is 1. The largest absolute Gasteiger partial charge is 0.480 e. The third-order valence-corrected chi connectivity index (χ3v) is 9.04. The van der Waals surface area contributed by atoms with Crippen LogP contribution in [0.15, 0.2) is 54.6 Å². The van der Waals surface area contributed by atoms with E-state index in [-0.39, 0.29) is 18.2 Å². The normalized spacial score (nSPS) is 22.3. The molecule has 42 heavy (non-hydrogen) atoms. The quantitative estimate of drug-likeness (QED) is 0.284. The van der Waals surface area contributed by atoms with Gasteiger partial charge in [-0.25, -0.2) is 4.79 Å². The Morgan fingerprint density at radius 1 is 1.05 bits per heavy atom. The summed E-state index contributed by atoms with van der Waals surface area (Å²) in [5, 5.41) is 13.3. The van der Waals surface area contributed by atoms with Gasteiger partial charge in [-0.3, -0.25) is 4.79 Å². The molecule has 7 heteroatoms. The second-order valence-electron chi connectivity index (χ2n) is 12.9. The number of rotatable bonds is 13. The van der Waals surface area contributed by atoms with E-state index in [0.717, 1.165) is 57.3 Å². The van der Waals surface area contributed by atoms with E-state index >= 15 is 0 Å². The molecule has 0 bridgehead atoms. The second kappa shape index (κ2) is 15.5. The van der Waals surface area contributed by atoms with E-state index < -0.39 is 12.0 Å². The van der Waals surface area contributed by atoms with Crippen LogP contribution in [0.2, 0.25) is 0 Å². The Hall–Kier alpha value is -2.90. The maximum Gasteiger partial charge on any atom is 0.410 e. The molecule has 1 aliphatic heterocycles. The number of carboxylic acid groups (broad SMARTS) is 1. The fourth-order valence-corrected chi connectivity index (χ4v) is 6.89. The molecule has 1 saturated carbocycles. The van der Waals surface area contributed by atoms with Gasteiger partial charge in [0.1, 0.15) is 12.6 Å². The van der Waals surface area contributed by atoms with E-state index in [9.17, 15) is 14.7 Å². The first-order valence-electron chi connectivity index (χ1n) is 16.0. The van der Waals surface area contributed by atoms with Gasteiger partial charge in [0.15, 0.2) is 0 Å². The van der Waals surface area contributed by atoms with Gasteiger partial charge in [0.05, 0.1) is 0 Å². The molecular weight excluding hydrogens is 526 g/mol. The molecule has 4 atom stereocenters. The molecule has 2 N–H and O–H groups in total. The minimum absolute atomic E-state index is 0.195. The van der Waals surface area contributed by atoms with Crippen molar-refractivity contribution in [3.05, 3.63) is 71.3 Å². The van der Waals surface area contributed by atoms with E-state index in [1.165, 1.54) is 11.1 Å². The van der Waals surface area contributed by atoms with E-state index in [4.69, 9.17) is 4.74 Å². The number of amides is 1. The number of carbonyl (C=O) groups excluding carboxylic acids is 1. The monoisotopic (exact) mass is 577 g/mol. The van der Waals surface area contributed by atoms with Crippen molar-refractivity contribution in [2.75, 3.05) is 26.2 Å². The van der Waals surface area contributed by atoms with E-state index in [1.807, 2.05) is 29.2 Å². The van der Waals surface area contributed by atoms with Gasteiger partial charge in [0, 0.05) is 38.3 Å². The van der Waals surface area contributed by atoms with Crippen molar-refractivity contribution in [1.82, 2.24) is 15.1 Å². The molecule has 0 aromatic heterocycles. The first kappa shape index (κ1) is 32.0. The molecule has 0 spiro atoms. The smallest absolute Gasteiger partial charge is 0.410 e. The third kappa shape index (κ3) is 9.05. The minimum atomic E-state index is -0.750. The van der Waals surface area contributed by atoms with Gasteiger partial charge in [-0.15, -0.1) is 0 Å². The number of benzene rings is 2. The second-order valence-corrected chi connectivity index (χ2v) is 12.9. The van der Waals surface area contributed by atoms with Crippen LogP contribution in [0.3, 0.4) is 0 Å². The molecule has 2 aliphatic rings. The van der Waals surface area contributed by atoms with Crippen LogP contribution in [0.4, 0.5) is 4.79 Å². The summed E-state index contributed by atoms with van der Waals surface area (Å²) in [6, 6.07) is 18.7. The zero-order valence-corrected chi connectivity index (χ0v) is 26.0. The number of piperidine rings is 1. The maximum atomic E-state index is 13.1. The Balaban J connectivity index is 1.34. The highest BCUT2D eigenvalue weighted by atomic mass is 16.6. The summed E-state index contributed by atoms with van der Waals surface area (Å²) in [5.41, 5.74) is 3.55. The van der Waals surface area contributed by atoms with Crippen LogP contribution in [-0.2, 0) is 16.1 Å². The van der Waals surface area contributed by atoms with Crippen molar-refractivity contribution in [1.29, 1.82) is 0 Å². The first-order chi connectivity index (χ1) is 20.2. The van der Waals surface area contributed by atoms with Crippen molar-refractivity contribution in [2.24, 2.45) is 11.8 Å². The first-order valence-corrected chi connectivity index (χ1v) is 16.0. The van der Waals surface area contributed by atoms with Crippen LogP contribution in [0, 0.1) is 18.8 Å². The molecule has 1 heterocycles. The Labute approximate surface area is 252 Å². The van der Waals surface area contributed by atoms with E-state index in [0.29, 0.717) is 37.3 Å². The number of hydrogen-bond acceptors (Lipinski definition) is 5. The Bertz CT molecular complexity index is 1110. The lowest BCUT2D eigenvalue weighted by atomic mass is 9.88. The molecular formula is C35H51N3O4. The summed E-state index contributed by atoms with van der Waals surface area (Å²) >= 11 is 0. The molecule has 1 aliphatic carbocycles. The summed E-state index contributed by atoms with van der Waals surface area (Å²) in [4.78, 5) is 29.6. The van der Waals surface area contributed by atoms with Gasteiger partial charge in [0.2, 0.25) is 0 Å². The summed E-state index contributed by atoms with van der Waals surface area (Å²) in [5.74, 6) is 0.443. The fraction of sp³-hybridized carbons (Fsp3) is 0.600.